The van der Waals surface area contributed by atoms with Crippen LogP contribution in [-0.2, 0) is 4.74 Å². The van der Waals surface area contributed by atoms with E-state index < -0.39 is 0 Å². The fourth-order valence-corrected chi connectivity index (χ4v) is 4.18. The molecule has 30 heavy (non-hydrogen) atoms. The van der Waals surface area contributed by atoms with Crippen LogP contribution in [0.3, 0.4) is 0 Å². The monoisotopic (exact) mass is 439 g/mol. The standard InChI is InChI=1S/C24H23Cl2N3O/c25-22-9-8-20(23(26)15-22)16-27-28-17-21-7-6-19(14-18-4-2-1-3-5-18)24(21)29-10-12-30-13-11-29/h1-5,8-9,14-17H,6-7,10-13H2. The third kappa shape index (κ3) is 5.20. The molecule has 0 bridgehead atoms. The van der Waals surface area contributed by atoms with Gasteiger partial charge in [-0.2, -0.15) is 10.2 Å². The lowest BCUT2D eigenvalue weighted by Crippen LogP contribution is -2.36. The number of rotatable bonds is 5. The highest BCUT2D eigenvalue weighted by atomic mass is 35.5. The Hall–Kier alpha value is -2.40. The molecule has 0 amide bonds. The van der Waals surface area contributed by atoms with E-state index >= 15 is 0 Å². The second-order valence-electron chi connectivity index (χ2n) is 7.21. The van der Waals surface area contributed by atoms with Crippen molar-refractivity contribution in [2.24, 2.45) is 10.2 Å². The molecule has 0 radical (unpaired) electrons. The summed E-state index contributed by atoms with van der Waals surface area (Å²) < 4.78 is 5.55. The Morgan fingerprint density at radius 3 is 2.43 bits per heavy atom. The Kier molecular flexibility index (Phi) is 7.00. The number of morpholine rings is 1. The molecule has 1 saturated heterocycles. The predicted octanol–water partition coefficient (Wildman–Crippen LogP) is 5.86. The highest BCUT2D eigenvalue weighted by molar-refractivity contribution is 6.36. The van der Waals surface area contributed by atoms with Gasteiger partial charge in [0.2, 0.25) is 0 Å². The zero-order valence-corrected chi connectivity index (χ0v) is 18.1. The molecule has 0 aromatic heterocycles. The molecule has 4 rings (SSSR count). The average molecular weight is 440 g/mol. The summed E-state index contributed by atoms with van der Waals surface area (Å²) >= 11 is 12.1. The van der Waals surface area contributed by atoms with Crippen molar-refractivity contribution in [3.8, 4) is 0 Å². The summed E-state index contributed by atoms with van der Waals surface area (Å²) in [6, 6.07) is 15.8. The van der Waals surface area contributed by atoms with Gasteiger partial charge in [-0.3, -0.25) is 0 Å². The van der Waals surface area contributed by atoms with E-state index in [1.165, 1.54) is 22.4 Å². The highest BCUT2D eigenvalue weighted by Gasteiger charge is 2.25. The lowest BCUT2D eigenvalue weighted by Gasteiger charge is -2.31. The van der Waals surface area contributed by atoms with Crippen LogP contribution < -0.4 is 0 Å². The van der Waals surface area contributed by atoms with Crippen molar-refractivity contribution >= 4 is 41.7 Å². The van der Waals surface area contributed by atoms with Crippen LogP contribution in [0.25, 0.3) is 6.08 Å². The van der Waals surface area contributed by atoms with E-state index in [-0.39, 0.29) is 0 Å². The molecule has 4 nitrogen and oxygen atoms in total. The molecule has 2 aromatic carbocycles. The number of nitrogens with zero attached hydrogens (tertiary/aromatic N) is 3. The molecule has 2 aliphatic rings. The maximum absolute atomic E-state index is 6.19. The minimum Gasteiger partial charge on any atom is -0.378 e. The fourth-order valence-electron chi connectivity index (χ4n) is 3.73. The first-order valence-electron chi connectivity index (χ1n) is 10.0. The Labute approximate surface area is 187 Å². The molecule has 0 spiro atoms. The first-order valence-corrected chi connectivity index (χ1v) is 10.8. The lowest BCUT2D eigenvalue weighted by atomic mass is 10.1. The van der Waals surface area contributed by atoms with E-state index in [2.05, 4.69) is 45.4 Å². The van der Waals surface area contributed by atoms with Crippen molar-refractivity contribution in [3.63, 3.8) is 0 Å². The van der Waals surface area contributed by atoms with Crippen LogP contribution in [0.15, 0.2) is 75.6 Å². The Bertz CT molecular complexity index is 1010. The van der Waals surface area contributed by atoms with E-state index in [4.69, 9.17) is 27.9 Å². The maximum Gasteiger partial charge on any atom is 0.0642 e. The number of hydrogen-bond acceptors (Lipinski definition) is 4. The van der Waals surface area contributed by atoms with Crippen LogP contribution in [0.5, 0.6) is 0 Å². The third-order valence-corrected chi connectivity index (χ3v) is 5.74. The molecule has 0 N–H and O–H groups in total. The zero-order chi connectivity index (χ0) is 20.8. The first-order chi connectivity index (χ1) is 14.7. The van der Waals surface area contributed by atoms with Gasteiger partial charge in [0.05, 0.1) is 30.7 Å². The fraction of sp³-hybridized carbons (Fsp3) is 0.250. The number of allylic oxidation sites excluding steroid dienone is 2. The van der Waals surface area contributed by atoms with Crippen molar-refractivity contribution < 1.29 is 4.74 Å². The first kappa shape index (κ1) is 20.9. The van der Waals surface area contributed by atoms with Gasteiger partial charge < -0.3 is 9.64 Å². The van der Waals surface area contributed by atoms with Crippen LogP contribution in [0.4, 0.5) is 0 Å². The van der Waals surface area contributed by atoms with Crippen LogP contribution in [-0.4, -0.2) is 43.6 Å². The van der Waals surface area contributed by atoms with Gasteiger partial charge >= 0.3 is 0 Å². The highest BCUT2D eigenvalue weighted by Crippen LogP contribution is 2.35. The average Bonchev–Trinajstić information content (AvgIpc) is 3.16. The van der Waals surface area contributed by atoms with Crippen molar-refractivity contribution in [2.75, 3.05) is 26.3 Å². The van der Waals surface area contributed by atoms with Crippen molar-refractivity contribution in [1.29, 1.82) is 0 Å². The van der Waals surface area contributed by atoms with Gasteiger partial charge in [0.15, 0.2) is 0 Å². The van der Waals surface area contributed by atoms with E-state index in [0.717, 1.165) is 44.7 Å². The van der Waals surface area contributed by atoms with Crippen LogP contribution in [0.1, 0.15) is 24.0 Å². The van der Waals surface area contributed by atoms with Crippen molar-refractivity contribution in [1.82, 2.24) is 4.90 Å². The molecule has 1 heterocycles. The van der Waals surface area contributed by atoms with E-state index in [1.54, 1.807) is 18.3 Å². The summed E-state index contributed by atoms with van der Waals surface area (Å²) in [7, 11) is 0. The molecule has 154 valence electrons. The lowest BCUT2D eigenvalue weighted by molar-refractivity contribution is 0.0548. The van der Waals surface area contributed by atoms with Gasteiger partial charge in [-0.15, -0.1) is 0 Å². The summed E-state index contributed by atoms with van der Waals surface area (Å²) in [6.45, 7) is 3.28. The topological polar surface area (TPSA) is 37.2 Å². The van der Waals surface area contributed by atoms with Crippen LogP contribution in [0, 0.1) is 0 Å². The van der Waals surface area contributed by atoms with Crippen LogP contribution in [0.2, 0.25) is 10.0 Å². The minimum absolute atomic E-state index is 0.559. The number of hydrogen-bond donors (Lipinski definition) is 0. The molecule has 1 fully saturated rings. The normalized spacial score (nSPS) is 19.0. The van der Waals surface area contributed by atoms with Gasteiger partial charge in [0.25, 0.3) is 0 Å². The predicted molar refractivity (Wildman–Crippen MR) is 126 cm³/mol. The molecule has 0 atom stereocenters. The molecule has 0 saturated carbocycles. The number of halogens is 2. The van der Waals surface area contributed by atoms with Gasteiger partial charge in [-0.05, 0) is 47.8 Å². The molecular weight excluding hydrogens is 417 g/mol. The van der Waals surface area contributed by atoms with Gasteiger partial charge in [0.1, 0.15) is 0 Å². The molecule has 2 aromatic rings. The smallest absolute Gasteiger partial charge is 0.0642 e. The second-order valence-corrected chi connectivity index (χ2v) is 8.05. The summed E-state index contributed by atoms with van der Waals surface area (Å²) in [5, 5.41) is 9.67. The summed E-state index contributed by atoms with van der Waals surface area (Å²) in [5.41, 5.74) is 5.82. The largest absolute Gasteiger partial charge is 0.378 e. The molecular formula is C24H23Cl2N3O. The summed E-state index contributed by atoms with van der Waals surface area (Å²) in [6.07, 6.45) is 7.75. The van der Waals surface area contributed by atoms with E-state index in [9.17, 15) is 0 Å². The van der Waals surface area contributed by atoms with Gasteiger partial charge in [0, 0.05) is 29.4 Å². The quantitative estimate of drug-likeness (QED) is 0.431. The summed E-state index contributed by atoms with van der Waals surface area (Å²) in [5.74, 6) is 0. The SMILES string of the molecule is Clc1ccc(C=NN=CC2=C(N3CCOCC3)C(=Cc3ccccc3)CC2)c(Cl)c1. The van der Waals surface area contributed by atoms with Crippen molar-refractivity contribution in [2.45, 2.75) is 12.8 Å². The second kappa shape index (κ2) is 10.1. The molecule has 1 aliphatic carbocycles. The Morgan fingerprint density at radius 1 is 0.900 bits per heavy atom. The number of ether oxygens (including phenoxy) is 1. The Morgan fingerprint density at radius 2 is 1.67 bits per heavy atom. The number of benzene rings is 2. The van der Waals surface area contributed by atoms with E-state index in [1.807, 2.05) is 18.3 Å². The minimum atomic E-state index is 0.559. The maximum atomic E-state index is 6.19. The van der Waals surface area contributed by atoms with Gasteiger partial charge in [-0.25, -0.2) is 0 Å². The zero-order valence-electron chi connectivity index (χ0n) is 16.6. The Balaban J connectivity index is 1.59. The van der Waals surface area contributed by atoms with Crippen molar-refractivity contribution in [3.05, 3.63) is 86.5 Å². The molecule has 6 heteroatoms. The summed E-state index contributed by atoms with van der Waals surface area (Å²) in [4.78, 5) is 2.41. The molecule has 0 unspecified atom stereocenters. The van der Waals surface area contributed by atoms with E-state index in [0.29, 0.717) is 10.0 Å². The van der Waals surface area contributed by atoms with Gasteiger partial charge in [-0.1, -0.05) is 59.6 Å². The molecule has 1 aliphatic heterocycles. The third-order valence-electron chi connectivity index (χ3n) is 5.18. The van der Waals surface area contributed by atoms with Crippen LogP contribution >= 0.6 is 23.2 Å².